The monoisotopic (exact) mass is 277 g/mol. The Labute approximate surface area is 122 Å². The third-order valence-corrected chi connectivity index (χ3v) is 4.07. The van der Waals surface area contributed by atoms with E-state index < -0.39 is 0 Å². The minimum Gasteiger partial charge on any atom is -0.396 e. The normalized spacial score (nSPS) is 21.6. The predicted molar refractivity (Wildman–Crippen MR) is 81.6 cm³/mol. The molecule has 1 atom stereocenters. The summed E-state index contributed by atoms with van der Waals surface area (Å²) in [6.07, 6.45) is 0.857. The Hall–Kier alpha value is -0.970. The summed E-state index contributed by atoms with van der Waals surface area (Å²) in [7, 11) is 0. The van der Waals surface area contributed by atoms with Gasteiger partial charge in [0.15, 0.2) is 0 Å². The van der Waals surface area contributed by atoms with Crippen LogP contribution >= 0.6 is 0 Å². The van der Waals surface area contributed by atoms with Crippen molar-refractivity contribution in [2.75, 3.05) is 26.2 Å². The number of aliphatic hydroxyl groups excluding tert-OH is 1. The Morgan fingerprint density at radius 3 is 2.80 bits per heavy atom. The standard InChI is InChI=1S/C16H27N3O/c1-13(2)19-9-8-18(12-16(19)7-10-20)11-15-6-4-5-14(3)17-15/h4-6,13,16,20H,7-12H2,1-3H3/t16-/m1/s1. The maximum absolute atomic E-state index is 9.27. The number of piperazine rings is 1. The second-order valence-corrected chi connectivity index (χ2v) is 6.00. The topological polar surface area (TPSA) is 39.6 Å². The van der Waals surface area contributed by atoms with Crippen molar-refractivity contribution in [3.8, 4) is 0 Å². The fourth-order valence-electron chi connectivity index (χ4n) is 3.08. The van der Waals surface area contributed by atoms with Gasteiger partial charge in [-0.05, 0) is 39.3 Å². The summed E-state index contributed by atoms with van der Waals surface area (Å²) in [6, 6.07) is 7.22. The third kappa shape index (κ3) is 4.01. The highest BCUT2D eigenvalue weighted by atomic mass is 16.3. The number of aryl methyl sites for hydroxylation is 1. The van der Waals surface area contributed by atoms with Gasteiger partial charge >= 0.3 is 0 Å². The highest BCUT2D eigenvalue weighted by molar-refractivity contribution is 5.10. The maximum atomic E-state index is 9.27. The molecule has 4 heteroatoms. The number of pyridine rings is 1. The van der Waals surface area contributed by atoms with Crippen LogP contribution in [0.1, 0.15) is 31.7 Å². The van der Waals surface area contributed by atoms with Crippen molar-refractivity contribution in [3.05, 3.63) is 29.6 Å². The van der Waals surface area contributed by atoms with Gasteiger partial charge in [0.2, 0.25) is 0 Å². The molecular formula is C16H27N3O. The SMILES string of the molecule is Cc1cccc(CN2CCN(C(C)C)[C@H](CCO)C2)n1. The Balaban J connectivity index is 1.97. The maximum Gasteiger partial charge on any atom is 0.0547 e. The first-order valence-corrected chi connectivity index (χ1v) is 7.61. The lowest BCUT2D eigenvalue weighted by Crippen LogP contribution is -2.55. The molecule has 0 bridgehead atoms. The summed E-state index contributed by atoms with van der Waals surface area (Å²) in [5.74, 6) is 0. The van der Waals surface area contributed by atoms with Gasteiger partial charge in [-0.15, -0.1) is 0 Å². The van der Waals surface area contributed by atoms with Crippen LogP contribution in [-0.4, -0.2) is 58.2 Å². The van der Waals surface area contributed by atoms with Crippen LogP contribution in [0.2, 0.25) is 0 Å². The second kappa shape index (κ2) is 7.16. The van der Waals surface area contributed by atoms with Gasteiger partial charge in [0, 0.05) is 50.6 Å². The molecule has 1 N–H and O–H groups in total. The number of hydrogen-bond donors (Lipinski definition) is 1. The van der Waals surface area contributed by atoms with E-state index in [0.29, 0.717) is 12.1 Å². The number of hydrogen-bond acceptors (Lipinski definition) is 4. The van der Waals surface area contributed by atoms with Gasteiger partial charge < -0.3 is 5.11 Å². The van der Waals surface area contributed by atoms with Gasteiger partial charge in [-0.2, -0.15) is 0 Å². The molecule has 1 aromatic heterocycles. The van der Waals surface area contributed by atoms with Crippen molar-refractivity contribution >= 4 is 0 Å². The van der Waals surface area contributed by atoms with Crippen LogP contribution in [0.4, 0.5) is 0 Å². The summed E-state index contributed by atoms with van der Waals surface area (Å²) < 4.78 is 0. The van der Waals surface area contributed by atoms with E-state index >= 15 is 0 Å². The molecule has 20 heavy (non-hydrogen) atoms. The van der Waals surface area contributed by atoms with E-state index in [9.17, 15) is 5.11 Å². The van der Waals surface area contributed by atoms with Gasteiger partial charge in [-0.1, -0.05) is 6.07 Å². The molecule has 1 aliphatic heterocycles. The van der Waals surface area contributed by atoms with Gasteiger partial charge in [0.05, 0.1) is 5.69 Å². The fraction of sp³-hybridized carbons (Fsp3) is 0.688. The van der Waals surface area contributed by atoms with Crippen LogP contribution in [-0.2, 0) is 6.54 Å². The lowest BCUT2D eigenvalue weighted by atomic mass is 10.1. The lowest BCUT2D eigenvalue weighted by molar-refractivity contribution is 0.0344. The number of rotatable bonds is 5. The molecule has 1 aliphatic rings. The zero-order chi connectivity index (χ0) is 14.5. The minimum absolute atomic E-state index is 0.268. The van der Waals surface area contributed by atoms with Crippen molar-refractivity contribution in [1.29, 1.82) is 0 Å². The molecule has 0 saturated carbocycles. The zero-order valence-electron chi connectivity index (χ0n) is 12.9. The number of nitrogens with zero attached hydrogens (tertiary/aromatic N) is 3. The van der Waals surface area contributed by atoms with Crippen molar-refractivity contribution < 1.29 is 5.11 Å². The predicted octanol–water partition coefficient (Wildman–Crippen LogP) is 1.67. The van der Waals surface area contributed by atoms with Gasteiger partial charge in [0.25, 0.3) is 0 Å². The highest BCUT2D eigenvalue weighted by Crippen LogP contribution is 2.17. The van der Waals surface area contributed by atoms with E-state index in [0.717, 1.165) is 44.0 Å². The van der Waals surface area contributed by atoms with Gasteiger partial charge in [-0.3, -0.25) is 14.8 Å². The minimum atomic E-state index is 0.268. The molecule has 0 spiro atoms. The molecule has 2 heterocycles. The first kappa shape index (κ1) is 15.4. The number of aromatic nitrogens is 1. The van der Waals surface area contributed by atoms with Crippen molar-refractivity contribution in [3.63, 3.8) is 0 Å². The van der Waals surface area contributed by atoms with Crippen LogP contribution in [0.25, 0.3) is 0 Å². The van der Waals surface area contributed by atoms with Crippen LogP contribution < -0.4 is 0 Å². The van der Waals surface area contributed by atoms with Crippen molar-refractivity contribution in [1.82, 2.24) is 14.8 Å². The summed E-state index contributed by atoms with van der Waals surface area (Å²) >= 11 is 0. The summed E-state index contributed by atoms with van der Waals surface area (Å²) in [5.41, 5.74) is 2.22. The molecule has 0 amide bonds. The van der Waals surface area contributed by atoms with Crippen molar-refractivity contribution in [2.45, 2.75) is 45.8 Å². The van der Waals surface area contributed by atoms with E-state index in [1.54, 1.807) is 0 Å². The molecule has 2 rings (SSSR count). The Morgan fingerprint density at radius 1 is 1.35 bits per heavy atom. The Morgan fingerprint density at radius 2 is 2.15 bits per heavy atom. The second-order valence-electron chi connectivity index (χ2n) is 6.00. The molecule has 1 saturated heterocycles. The Bertz CT molecular complexity index is 422. The van der Waals surface area contributed by atoms with Gasteiger partial charge in [0.1, 0.15) is 0 Å². The van der Waals surface area contributed by atoms with Crippen molar-refractivity contribution in [2.24, 2.45) is 0 Å². The molecule has 112 valence electrons. The van der Waals surface area contributed by atoms with E-state index in [2.05, 4.69) is 40.8 Å². The van der Waals surface area contributed by atoms with Crippen LogP contribution in [0.15, 0.2) is 18.2 Å². The average Bonchev–Trinajstić information content (AvgIpc) is 2.39. The van der Waals surface area contributed by atoms with Crippen LogP contribution in [0.5, 0.6) is 0 Å². The first-order valence-electron chi connectivity index (χ1n) is 7.61. The fourth-order valence-corrected chi connectivity index (χ4v) is 3.08. The number of aliphatic hydroxyl groups is 1. The van der Waals surface area contributed by atoms with E-state index in [1.807, 2.05) is 13.0 Å². The van der Waals surface area contributed by atoms with E-state index in [4.69, 9.17) is 0 Å². The van der Waals surface area contributed by atoms with E-state index in [-0.39, 0.29) is 6.61 Å². The Kier molecular flexibility index (Phi) is 5.52. The van der Waals surface area contributed by atoms with E-state index in [1.165, 1.54) is 0 Å². The highest BCUT2D eigenvalue weighted by Gasteiger charge is 2.28. The quantitative estimate of drug-likeness (QED) is 0.888. The molecule has 1 aromatic rings. The summed E-state index contributed by atoms with van der Waals surface area (Å²) in [6.45, 7) is 10.9. The largest absolute Gasteiger partial charge is 0.396 e. The molecule has 0 radical (unpaired) electrons. The average molecular weight is 277 g/mol. The van der Waals surface area contributed by atoms with Crippen LogP contribution in [0.3, 0.4) is 0 Å². The molecule has 1 fully saturated rings. The zero-order valence-corrected chi connectivity index (χ0v) is 12.9. The molecule has 4 nitrogen and oxygen atoms in total. The molecule has 0 aliphatic carbocycles. The molecular weight excluding hydrogens is 250 g/mol. The van der Waals surface area contributed by atoms with Crippen LogP contribution in [0, 0.1) is 6.92 Å². The van der Waals surface area contributed by atoms with Gasteiger partial charge in [-0.25, -0.2) is 0 Å². The first-order chi connectivity index (χ1) is 9.60. The third-order valence-electron chi connectivity index (χ3n) is 4.07. The lowest BCUT2D eigenvalue weighted by Gasteiger charge is -2.43. The summed E-state index contributed by atoms with van der Waals surface area (Å²) in [5, 5.41) is 9.27. The summed E-state index contributed by atoms with van der Waals surface area (Å²) in [4.78, 5) is 9.56. The molecule has 0 unspecified atom stereocenters. The molecule has 0 aromatic carbocycles. The smallest absolute Gasteiger partial charge is 0.0547 e.